The van der Waals surface area contributed by atoms with Gasteiger partial charge >= 0.3 is 0 Å². The molecule has 0 aliphatic rings. The molecular weight excluding hydrogens is 290 g/mol. The predicted octanol–water partition coefficient (Wildman–Crippen LogP) is 2.78. The van der Waals surface area contributed by atoms with Gasteiger partial charge in [0.25, 0.3) is 0 Å². The molecule has 0 saturated heterocycles. The van der Waals surface area contributed by atoms with E-state index in [1.165, 1.54) is 6.08 Å². The number of benzene rings is 1. The highest BCUT2D eigenvalue weighted by molar-refractivity contribution is 5.91. The summed E-state index contributed by atoms with van der Waals surface area (Å²) in [5.74, 6) is 1.16. The van der Waals surface area contributed by atoms with Gasteiger partial charge in [-0.05, 0) is 35.9 Å². The highest BCUT2D eigenvalue weighted by Crippen LogP contribution is 2.18. The largest absolute Gasteiger partial charge is 0.461 e. The number of carbonyl (C=O) groups excluding carboxylic acids is 1. The van der Waals surface area contributed by atoms with E-state index in [4.69, 9.17) is 10.2 Å². The number of nitrogen functional groups attached to an aromatic ring is 1. The van der Waals surface area contributed by atoms with Crippen molar-refractivity contribution in [1.82, 2.24) is 10.3 Å². The Balaban J connectivity index is 1.49. The topological polar surface area (TPSA) is 81.2 Å². The van der Waals surface area contributed by atoms with Crippen LogP contribution in [0, 0.1) is 0 Å². The Morgan fingerprint density at radius 3 is 2.91 bits per heavy atom. The molecule has 0 radical (unpaired) electrons. The summed E-state index contributed by atoms with van der Waals surface area (Å²) in [7, 11) is 0. The lowest BCUT2D eigenvalue weighted by Crippen LogP contribution is -2.23. The second-order valence-electron chi connectivity index (χ2n) is 5.14. The summed E-state index contributed by atoms with van der Waals surface area (Å²) in [6, 6.07) is 13.3. The fraction of sp³-hybridized carbons (Fsp3) is 0.111. The molecule has 0 aliphatic carbocycles. The molecular formula is C18H17N3O2. The Labute approximate surface area is 133 Å². The number of nitrogens with zero attached hydrogens (tertiary/aromatic N) is 1. The van der Waals surface area contributed by atoms with Crippen molar-refractivity contribution in [2.75, 3.05) is 12.3 Å². The molecule has 2 aromatic heterocycles. The van der Waals surface area contributed by atoms with Crippen molar-refractivity contribution in [1.29, 1.82) is 0 Å². The standard InChI is InChI=1S/C18H17N3O2/c19-17-7-5-13(12-21-17)6-8-18(22)20-10-9-15-11-14-3-1-2-4-16(14)23-15/h1-8,11-12H,9-10H2,(H2,19,21)(H,20,22)/b8-6+. The molecule has 1 aromatic carbocycles. The van der Waals surface area contributed by atoms with Crippen molar-refractivity contribution in [2.24, 2.45) is 0 Å². The summed E-state index contributed by atoms with van der Waals surface area (Å²) < 4.78 is 5.70. The lowest BCUT2D eigenvalue weighted by Gasteiger charge is -2.00. The van der Waals surface area contributed by atoms with Crippen molar-refractivity contribution >= 4 is 28.8 Å². The number of carbonyl (C=O) groups is 1. The summed E-state index contributed by atoms with van der Waals surface area (Å²) in [4.78, 5) is 15.7. The normalized spacial score (nSPS) is 11.1. The lowest BCUT2D eigenvalue weighted by molar-refractivity contribution is -0.116. The van der Waals surface area contributed by atoms with Crippen LogP contribution in [0.15, 0.2) is 59.2 Å². The Bertz CT molecular complexity index is 802. The Hall–Kier alpha value is -3.08. The lowest BCUT2D eigenvalue weighted by atomic mass is 10.2. The quantitative estimate of drug-likeness (QED) is 0.710. The minimum absolute atomic E-state index is 0.155. The number of nitrogens with one attached hydrogen (secondary N) is 1. The second kappa shape index (κ2) is 6.79. The second-order valence-corrected chi connectivity index (χ2v) is 5.14. The first-order valence-corrected chi connectivity index (χ1v) is 7.35. The third-order valence-electron chi connectivity index (χ3n) is 3.38. The maximum absolute atomic E-state index is 11.8. The molecule has 0 saturated carbocycles. The average molecular weight is 307 g/mol. The minimum Gasteiger partial charge on any atom is -0.461 e. The molecule has 3 aromatic rings. The van der Waals surface area contributed by atoms with Crippen LogP contribution < -0.4 is 11.1 Å². The van der Waals surface area contributed by atoms with Gasteiger partial charge in [-0.1, -0.05) is 18.2 Å². The third-order valence-corrected chi connectivity index (χ3v) is 3.38. The molecule has 2 heterocycles. The van der Waals surface area contributed by atoms with Crippen LogP contribution >= 0.6 is 0 Å². The van der Waals surface area contributed by atoms with Crippen molar-refractivity contribution in [3.63, 3.8) is 0 Å². The molecule has 0 bridgehead atoms. The van der Waals surface area contributed by atoms with Gasteiger partial charge in [-0.15, -0.1) is 0 Å². The number of anilines is 1. The SMILES string of the molecule is Nc1ccc(/C=C/C(=O)NCCc2cc3ccccc3o2)cn1. The fourth-order valence-corrected chi connectivity index (χ4v) is 2.22. The van der Waals surface area contributed by atoms with E-state index < -0.39 is 0 Å². The van der Waals surface area contributed by atoms with E-state index in [9.17, 15) is 4.79 Å². The molecule has 5 nitrogen and oxygen atoms in total. The Morgan fingerprint density at radius 2 is 2.13 bits per heavy atom. The van der Waals surface area contributed by atoms with Gasteiger partial charge in [0, 0.05) is 30.6 Å². The molecule has 0 fully saturated rings. The zero-order chi connectivity index (χ0) is 16.1. The van der Waals surface area contributed by atoms with Crippen molar-refractivity contribution in [3.8, 4) is 0 Å². The number of para-hydroxylation sites is 1. The van der Waals surface area contributed by atoms with Gasteiger partial charge in [0.15, 0.2) is 0 Å². The van der Waals surface area contributed by atoms with Gasteiger partial charge in [-0.25, -0.2) is 4.98 Å². The first kappa shape index (κ1) is 14.8. The number of rotatable bonds is 5. The Kier molecular flexibility index (Phi) is 4.38. The predicted molar refractivity (Wildman–Crippen MR) is 90.6 cm³/mol. The van der Waals surface area contributed by atoms with Crippen LogP contribution in [0.4, 0.5) is 5.82 Å². The van der Waals surface area contributed by atoms with Crippen LogP contribution in [0.5, 0.6) is 0 Å². The molecule has 5 heteroatoms. The van der Waals surface area contributed by atoms with Gasteiger partial charge in [-0.2, -0.15) is 0 Å². The van der Waals surface area contributed by atoms with Crippen molar-refractivity contribution in [3.05, 3.63) is 66.1 Å². The highest BCUT2D eigenvalue weighted by Gasteiger charge is 2.03. The first-order valence-electron chi connectivity index (χ1n) is 7.35. The van der Waals surface area contributed by atoms with Gasteiger partial charge in [0.1, 0.15) is 17.2 Å². The first-order chi connectivity index (χ1) is 11.2. The summed E-state index contributed by atoms with van der Waals surface area (Å²) in [6.07, 6.45) is 5.44. The monoisotopic (exact) mass is 307 g/mol. The van der Waals surface area contributed by atoms with Crippen LogP contribution in [0.25, 0.3) is 17.0 Å². The highest BCUT2D eigenvalue weighted by atomic mass is 16.3. The van der Waals surface area contributed by atoms with Gasteiger partial charge in [0.05, 0.1) is 0 Å². The van der Waals surface area contributed by atoms with Gasteiger partial charge < -0.3 is 15.5 Å². The maximum atomic E-state index is 11.8. The van der Waals surface area contributed by atoms with E-state index in [1.807, 2.05) is 30.3 Å². The summed E-state index contributed by atoms with van der Waals surface area (Å²) >= 11 is 0. The zero-order valence-corrected chi connectivity index (χ0v) is 12.5. The van der Waals surface area contributed by atoms with Crippen LogP contribution in [-0.4, -0.2) is 17.4 Å². The average Bonchev–Trinajstić information content (AvgIpc) is 2.97. The van der Waals surface area contributed by atoms with Crippen LogP contribution in [0.3, 0.4) is 0 Å². The smallest absolute Gasteiger partial charge is 0.244 e. The molecule has 116 valence electrons. The molecule has 0 atom stereocenters. The van der Waals surface area contributed by atoms with E-state index in [-0.39, 0.29) is 5.91 Å². The maximum Gasteiger partial charge on any atom is 0.244 e. The molecule has 1 amide bonds. The number of fused-ring (bicyclic) bond motifs is 1. The number of amides is 1. The van der Waals surface area contributed by atoms with Crippen molar-refractivity contribution < 1.29 is 9.21 Å². The van der Waals surface area contributed by atoms with Crippen molar-refractivity contribution in [2.45, 2.75) is 6.42 Å². The number of pyridine rings is 1. The number of furan rings is 1. The fourth-order valence-electron chi connectivity index (χ4n) is 2.22. The third kappa shape index (κ3) is 3.97. The van der Waals surface area contributed by atoms with E-state index in [0.29, 0.717) is 18.8 Å². The van der Waals surface area contributed by atoms with Crippen LogP contribution in [-0.2, 0) is 11.2 Å². The van der Waals surface area contributed by atoms with E-state index in [2.05, 4.69) is 10.3 Å². The molecule has 23 heavy (non-hydrogen) atoms. The summed E-state index contributed by atoms with van der Waals surface area (Å²) in [5, 5.41) is 3.90. The number of nitrogens with two attached hydrogens (primary N) is 1. The Morgan fingerprint density at radius 1 is 1.26 bits per heavy atom. The number of aromatic nitrogens is 1. The minimum atomic E-state index is -0.155. The van der Waals surface area contributed by atoms with Gasteiger partial charge in [0.2, 0.25) is 5.91 Å². The molecule has 0 aliphatic heterocycles. The molecule has 3 N–H and O–H groups in total. The van der Waals surface area contributed by atoms with E-state index >= 15 is 0 Å². The number of hydrogen-bond donors (Lipinski definition) is 2. The molecule has 0 spiro atoms. The van der Waals surface area contributed by atoms with Gasteiger partial charge in [-0.3, -0.25) is 4.79 Å². The van der Waals surface area contributed by atoms with E-state index in [0.717, 1.165) is 22.3 Å². The van der Waals surface area contributed by atoms with Crippen LogP contribution in [0.1, 0.15) is 11.3 Å². The van der Waals surface area contributed by atoms with E-state index in [1.54, 1.807) is 24.4 Å². The van der Waals surface area contributed by atoms with Crippen LogP contribution in [0.2, 0.25) is 0 Å². The summed E-state index contributed by atoms with van der Waals surface area (Å²) in [6.45, 7) is 0.517. The zero-order valence-electron chi connectivity index (χ0n) is 12.5. The molecule has 3 rings (SSSR count). The summed E-state index contributed by atoms with van der Waals surface area (Å²) in [5.41, 5.74) is 7.20. The number of hydrogen-bond acceptors (Lipinski definition) is 4. The molecule has 0 unspecified atom stereocenters.